The zero-order chi connectivity index (χ0) is 17.3. The Kier molecular flexibility index (Phi) is 4.26. The van der Waals surface area contributed by atoms with Crippen molar-refractivity contribution in [1.29, 1.82) is 0 Å². The average molecular weight is 342 g/mol. The molecule has 1 heterocycles. The highest BCUT2D eigenvalue weighted by molar-refractivity contribution is 8.16. The molecular formula is C17H14N2O4S. The van der Waals surface area contributed by atoms with E-state index in [-0.39, 0.29) is 5.56 Å². The predicted octanol–water partition coefficient (Wildman–Crippen LogP) is 3.33. The van der Waals surface area contributed by atoms with Gasteiger partial charge < -0.3 is 10.4 Å². The first kappa shape index (κ1) is 16.1. The molecule has 1 fully saturated rings. The molecule has 122 valence electrons. The van der Waals surface area contributed by atoms with Gasteiger partial charge in [0, 0.05) is 0 Å². The molecular weight excluding hydrogens is 328 g/mol. The Morgan fingerprint density at radius 1 is 1.12 bits per heavy atom. The first-order valence-electron chi connectivity index (χ1n) is 7.18. The second-order valence-corrected chi connectivity index (χ2v) is 6.28. The normalized spacial score (nSPS) is 17.2. The molecule has 2 aromatic carbocycles. The number of aryl methyl sites for hydroxylation is 1. The fourth-order valence-electron chi connectivity index (χ4n) is 2.48. The average Bonchev–Trinajstić information content (AvgIpc) is 2.84. The summed E-state index contributed by atoms with van der Waals surface area (Å²) in [4.78, 5) is 37.3. The molecule has 0 saturated carbocycles. The Bertz CT molecular complexity index is 823. The van der Waals surface area contributed by atoms with Gasteiger partial charge in [0.25, 0.3) is 11.1 Å². The number of para-hydroxylation sites is 2. The molecule has 1 unspecified atom stereocenters. The summed E-state index contributed by atoms with van der Waals surface area (Å²) >= 11 is 0.834. The molecule has 0 bridgehead atoms. The zero-order valence-corrected chi connectivity index (χ0v) is 13.5. The van der Waals surface area contributed by atoms with Gasteiger partial charge in [-0.25, -0.2) is 9.69 Å². The predicted molar refractivity (Wildman–Crippen MR) is 92.5 cm³/mol. The topological polar surface area (TPSA) is 86.7 Å². The molecule has 1 aliphatic heterocycles. The van der Waals surface area contributed by atoms with Gasteiger partial charge in [-0.3, -0.25) is 9.59 Å². The van der Waals surface area contributed by atoms with Crippen molar-refractivity contribution in [2.75, 3.05) is 10.2 Å². The van der Waals surface area contributed by atoms with E-state index in [9.17, 15) is 19.5 Å². The number of carbonyl (C=O) groups is 3. The largest absolute Gasteiger partial charge is 0.478 e. The lowest BCUT2D eigenvalue weighted by atomic mass is 10.1. The van der Waals surface area contributed by atoms with Crippen LogP contribution < -0.4 is 10.2 Å². The van der Waals surface area contributed by atoms with Crippen molar-refractivity contribution in [3.05, 3.63) is 59.7 Å². The van der Waals surface area contributed by atoms with Gasteiger partial charge in [0.15, 0.2) is 5.37 Å². The highest BCUT2D eigenvalue weighted by Gasteiger charge is 2.41. The quantitative estimate of drug-likeness (QED) is 0.886. The molecule has 0 aromatic heterocycles. The van der Waals surface area contributed by atoms with Crippen molar-refractivity contribution in [2.24, 2.45) is 0 Å². The van der Waals surface area contributed by atoms with Crippen LogP contribution in [-0.4, -0.2) is 27.6 Å². The highest BCUT2D eigenvalue weighted by atomic mass is 32.2. The molecule has 1 atom stereocenters. The Labute approximate surface area is 142 Å². The van der Waals surface area contributed by atoms with Gasteiger partial charge in [-0.1, -0.05) is 30.3 Å². The van der Waals surface area contributed by atoms with Gasteiger partial charge >= 0.3 is 5.97 Å². The third-order valence-corrected chi connectivity index (χ3v) is 4.58. The van der Waals surface area contributed by atoms with Crippen LogP contribution >= 0.6 is 11.8 Å². The van der Waals surface area contributed by atoms with Crippen LogP contribution in [0.3, 0.4) is 0 Å². The van der Waals surface area contributed by atoms with E-state index in [0.717, 1.165) is 16.7 Å². The summed E-state index contributed by atoms with van der Waals surface area (Å²) in [5.41, 5.74) is 1.59. The number of thioether (sulfide) groups is 1. The smallest absolute Gasteiger partial charge is 0.337 e. The number of rotatable bonds is 4. The van der Waals surface area contributed by atoms with Crippen molar-refractivity contribution in [3.63, 3.8) is 0 Å². The van der Waals surface area contributed by atoms with E-state index in [1.807, 2.05) is 0 Å². The summed E-state index contributed by atoms with van der Waals surface area (Å²) in [5, 5.41) is 11.0. The van der Waals surface area contributed by atoms with Crippen LogP contribution in [0.5, 0.6) is 0 Å². The Morgan fingerprint density at radius 3 is 2.50 bits per heavy atom. The number of hydrogen-bond acceptors (Lipinski definition) is 5. The van der Waals surface area contributed by atoms with Crippen LogP contribution in [0.15, 0.2) is 48.5 Å². The molecule has 2 aromatic rings. The molecule has 1 aliphatic rings. The van der Waals surface area contributed by atoms with Crippen molar-refractivity contribution in [1.82, 2.24) is 0 Å². The zero-order valence-electron chi connectivity index (χ0n) is 12.7. The van der Waals surface area contributed by atoms with Crippen LogP contribution in [0.2, 0.25) is 0 Å². The minimum atomic E-state index is -1.09. The molecule has 2 N–H and O–H groups in total. The summed E-state index contributed by atoms with van der Waals surface area (Å²) in [6.07, 6.45) is 0. The van der Waals surface area contributed by atoms with E-state index in [1.54, 1.807) is 49.4 Å². The molecule has 0 spiro atoms. The van der Waals surface area contributed by atoms with E-state index in [2.05, 4.69) is 5.32 Å². The highest BCUT2D eigenvalue weighted by Crippen LogP contribution is 2.33. The van der Waals surface area contributed by atoms with Crippen LogP contribution in [0.1, 0.15) is 15.9 Å². The number of amides is 2. The minimum absolute atomic E-state index is 0.0639. The third-order valence-electron chi connectivity index (χ3n) is 3.64. The molecule has 1 saturated heterocycles. The van der Waals surface area contributed by atoms with Gasteiger partial charge in [0.1, 0.15) is 0 Å². The Balaban J connectivity index is 1.90. The third kappa shape index (κ3) is 2.85. The van der Waals surface area contributed by atoms with Gasteiger partial charge in [-0.05, 0) is 42.4 Å². The van der Waals surface area contributed by atoms with Crippen LogP contribution in [-0.2, 0) is 4.79 Å². The standard InChI is InChI=1S/C17H14N2O4S/c1-10-6-5-9-12(16(21)22)13(10)18-14-15(20)19(17(23)24-14)11-7-3-2-4-8-11/h2-9,14,18H,1H3,(H,21,22). The fraction of sp³-hybridized carbons (Fsp3) is 0.118. The lowest BCUT2D eigenvalue weighted by Crippen LogP contribution is -2.34. The van der Waals surface area contributed by atoms with Crippen LogP contribution in [0, 0.1) is 6.92 Å². The summed E-state index contributed by atoms with van der Waals surface area (Å²) in [7, 11) is 0. The SMILES string of the molecule is Cc1cccc(C(=O)O)c1NC1SC(=O)N(c2ccccc2)C1=O. The maximum atomic E-state index is 12.6. The molecule has 7 heteroatoms. The number of carbonyl (C=O) groups excluding carboxylic acids is 2. The molecule has 6 nitrogen and oxygen atoms in total. The monoisotopic (exact) mass is 342 g/mol. The molecule has 0 radical (unpaired) electrons. The number of benzene rings is 2. The van der Waals surface area contributed by atoms with Crippen LogP contribution in [0.4, 0.5) is 16.2 Å². The number of carboxylic acids is 1. The first-order chi connectivity index (χ1) is 11.5. The first-order valence-corrected chi connectivity index (χ1v) is 8.06. The van der Waals surface area contributed by atoms with Crippen molar-refractivity contribution in [2.45, 2.75) is 12.3 Å². The second-order valence-electron chi connectivity index (χ2n) is 5.22. The lowest BCUT2D eigenvalue weighted by Gasteiger charge is -2.17. The summed E-state index contributed by atoms with van der Waals surface area (Å²) < 4.78 is 0. The lowest BCUT2D eigenvalue weighted by molar-refractivity contribution is -0.116. The number of nitrogens with zero attached hydrogens (tertiary/aromatic N) is 1. The van der Waals surface area contributed by atoms with E-state index >= 15 is 0 Å². The van der Waals surface area contributed by atoms with E-state index in [1.165, 1.54) is 6.07 Å². The number of aromatic carboxylic acids is 1. The minimum Gasteiger partial charge on any atom is -0.478 e. The molecule has 2 amide bonds. The van der Waals surface area contributed by atoms with Crippen molar-refractivity contribution >= 4 is 40.3 Å². The number of carboxylic acid groups (broad SMARTS) is 1. The number of hydrogen-bond donors (Lipinski definition) is 2. The molecule has 24 heavy (non-hydrogen) atoms. The van der Waals surface area contributed by atoms with E-state index in [4.69, 9.17) is 0 Å². The van der Waals surface area contributed by atoms with Gasteiger partial charge in [-0.2, -0.15) is 0 Å². The summed E-state index contributed by atoms with van der Waals surface area (Å²) in [5.74, 6) is -1.52. The maximum Gasteiger partial charge on any atom is 0.337 e. The summed E-state index contributed by atoms with van der Waals surface area (Å²) in [6.45, 7) is 1.75. The van der Waals surface area contributed by atoms with Gasteiger partial charge in [-0.15, -0.1) is 0 Å². The fourth-order valence-corrected chi connectivity index (χ4v) is 3.37. The van der Waals surface area contributed by atoms with Gasteiger partial charge in [0.05, 0.1) is 16.9 Å². The number of nitrogens with one attached hydrogen (secondary N) is 1. The summed E-state index contributed by atoms with van der Waals surface area (Å²) in [6, 6.07) is 13.5. The van der Waals surface area contributed by atoms with Crippen molar-refractivity contribution < 1.29 is 19.5 Å². The van der Waals surface area contributed by atoms with Crippen LogP contribution in [0.25, 0.3) is 0 Å². The number of imide groups is 1. The molecule has 0 aliphatic carbocycles. The number of anilines is 2. The van der Waals surface area contributed by atoms with Gasteiger partial charge in [0.2, 0.25) is 0 Å². The van der Waals surface area contributed by atoms with E-state index < -0.39 is 22.5 Å². The maximum absolute atomic E-state index is 12.6. The molecule has 3 rings (SSSR count). The second kappa shape index (κ2) is 6.37. The van der Waals surface area contributed by atoms with Crippen molar-refractivity contribution in [3.8, 4) is 0 Å². The Hall–Kier alpha value is -2.80. The van der Waals surface area contributed by atoms with E-state index in [0.29, 0.717) is 16.9 Å². The Morgan fingerprint density at radius 2 is 1.83 bits per heavy atom.